The average Bonchev–Trinajstić information content (AvgIpc) is 3.46. The van der Waals surface area contributed by atoms with E-state index in [-0.39, 0.29) is 5.41 Å². The lowest BCUT2D eigenvalue weighted by molar-refractivity contribution is -0.128. The number of hydrogen-bond donors (Lipinski definition) is 3. The molecule has 4 nitrogen and oxygen atoms in total. The summed E-state index contributed by atoms with van der Waals surface area (Å²) in [4.78, 5) is 11.4. The maximum Gasteiger partial charge on any atom is 0.226 e. The van der Waals surface area contributed by atoms with Crippen molar-refractivity contribution in [1.29, 1.82) is 0 Å². The summed E-state index contributed by atoms with van der Waals surface area (Å²) in [5.74, 6) is 1.23. The van der Waals surface area contributed by atoms with Gasteiger partial charge < -0.3 is 16.0 Å². The third-order valence-corrected chi connectivity index (χ3v) is 6.03. The predicted octanol–water partition coefficient (Wildman–Crippen LogP) is 6.23. The maximum atomic E-state index is 11.4. The van der Waals surface area contributed by atoms with Gasteiger partial charge in [-0.1, -0.05) is 90.1 Å². The summed E-state index contributed by atoms with van der Waals surface area (Å²) in [6.45, 7) is 20.7. The number of carbonyl (C=O) groups is 1. The highest BCUT2D eigenvalue weighted by Gasteiger charge is 2.42. The molecule has 33 heavy (non-hydrogen) atoms. The van der Waals surface area contributed by atoms with E-state index in [1.807, 2.05) is 43.3 Å². The fraction of sp³-hybridized carbons (Fsp3) is 0.536. The molecule has 3 fully saturated rings. The van der Waals surface area contributed by atoms with Gasteiger partial charge in [0.25, 0.3) is 0 Å². The summed E-state index contributed by atoms with van der Waals surface area (Å²) in [6.07, 6.45) is 8.20. The first kappa shape index (κ1) is 31.3. The van der Waals surface area contributed by atoms with E-state index in [1.165, 1.54) is 25.1 Å². The van der Waals surface area contributed by atoms with Crippen LogP contribution in [0.3, 0.4) is 0 Å². The van der Waals surface area contributed by atoms with Crippen LogP contribution in [0.5, 0.6) is 0 Å². The fourth-order valence-corrected chi connectivity index (χ4v) is 3.28. The fourth-order valence-electron chi connectivity index (χ4n) is 3.28. The standard InChI is InChI=1S/C8H14N2O.C6H6.C5H11N.C5H10.C4H5Br/c11-7-8(3-6-10-7)1-4-9-5-2-8;1-2-4-6-5-3-1;1-5-2-3-6-4-5;1-4-5(2)3;1-3-4(2)5/h9H,1-6H2,(H,10,11);1-6H;5-6H,2-4H2,1H3;4H,1-3H3;3H,1-2H2/t;;5-;;/m..1../s1. The number of benzene rings is 1. The van der Waals surface area contributed by atoms with Crippen molar-refractivity contribution in [3.63, 3.8) is 0 Å². The third kappa shape index (κ3) is 16.6. The lowest BCUT2D eigenvalue weighted by Gasteiger charge is -2.30. The Balaban J connectivity index is 0.000000408. The number of nitrogens with one attached hydrogen (secondary N) is 3. The Labute approximate surface area is 211 Å². The first-order valence-corrected chi connectivity index (χ1v) is 12.8. The van der Waals surface area contributed by atoms with Gasteiger partial charge in [0.15, 0.2) is 0 Å². The molecule has 3 aliphatic heterocycles. The summed E-state index contributed by atoms with van der Waals surface area (Å²) < 4.78 is 0.831. The smallest absolute Gasteiger partial charge is 0.226 e. The van der Waals surface area contributed by atoms with Crippen molar-refractivity contribution in [3.05, 3.63) is 71.8 Å². The van der Waals surface area contributed by atoms with Crippen molar-refractivity contribution in [2.45, 2.75) is 53.4 Å². The van der Waals surface area contributed by atoms with E-state index in [0.717, 1.165) is 49.3 Å². The van der Waals surface area contributed by atoms with Gasteiger partial charge in [0.2, 0.25) is 5.91 Å². The first-order chi connectivity index (χ1) is 15.8. The van der Waals surface area contributed by atoms with Crippen LogP contribution in [0.2, 0.25) is 0 Å². The summed E-state index contributed by atoms with van der Waals surface area (Å²) >= 11 is 3.06. The van der Waals surface area contributed by atoms with E-state index in [1.54, 1.807) is 6.08 Å². The minimum absolute atomic E-state index is 0.0191. The molecule has 1 amide bonds. The Hall–Kier alpha value is -1.69. The highest BCUT2D eigenvalue weighted by atomic mass is 79.9. The molecule has 1 aromatic rings. The monoisotopic (exact) mass is 519 g/mol. The highest BCUT2D eigenvalue weighted by molar-refractivity contribution is 9.11. The Morgan fingerprint density at radius 3 is 1.70 bits per heavy atom. The molecule has 3 aliphatic rings. The molecule has 186 valence electrons. The second-order valence-electron chi connectivity index (χ2n) is 8.81. The van der Waals surface area contributed by atoms with Crippen LogP contribution in [0.4, 0.5) is 0 Å². The van der Waals surface area contributed by atoms with Gasteiger partial charge in [-0.15, -0.1) is 0 Å². The van der Waals surface area contributed by atoms with Crippen molar-refractivity contribution in [2.75, 3.05) is 32.7 Å². The van der Waals surface area contributed by atoms with Gasteiger partial charge in [0.05, 0.1) is 5.41 Å². The molecule has 0 aromatic heterocycles. The van der Waals surface area contributed by atoms with Crippen LogP contribution in [-0.2, 0) is 4.79 Å². The molecule has 3 N–H and O–H groups in total. The van der Waals surface area contributed by atoms with Gasteiger partial charge in [-0.2, -0.15) is 0 Å². The molecule has 0 saturated carbocycles. The molecule has 0 unspecified atom stereocenters. The molecule has 0 bridgehead atoms. The molecular formula is C28H46BrN3O. The summed E-state index contributed by atoms with van der Waals surface area (Å²) in [5, 5.41) is 9.46. The van der Waals surface area contributed by atoms with Crippen LogP contribution in [0.25, 0.3) is 0 Å². The zero-order chi connectivity index (χ0) is 25.0. The highest BCUT2D eigenvalue weighted by Crippen LogP contribution is 2.35. The van der Waals surface area contributed by atoms with Crippen LogP contribution in [0, 0.1) is 11.3 Å². The lowest BCUT2D eigenvalue weighted by Crippen LogP contribution is -2.41. The lowest BCUT2D eigenvalue weighted by atomic mass is 9.78. The van der Waals surface area contributed by atoms with E-state index < -0.39 is 0 Å². The number of carbonyl (C=O) groups excluding carboxylic acids is 1. The van der Waals surface area contributed by atoms with Crippen molar-refractivity contribution in [2.24, 2.45) is 11.3 Å². The molecule has 0 radical (unpaired) electrons. The van der Waals surface area contributed by atoms with Gasteiger partial charge in [0, 0.05) is 11.0 Å². The topological polar surface area (TPSA) is 53.2 Å². The Bertz CT molecular complexity index is 645. The average molecular weight is 521 g/mol. The quantitative estimate of drug-likeness (QED) is 0.304. The largest absolute Gasteiger partial charge is 0.356 e. The van der Waals surface area contributed by atoms with Crippen LogP contribution >= 0.6 is 15.9 Å². The van der Waals surface area contributed by atoms with Crippen LogP contribution < -0.4 is 16.0 Å². The van der Waals surface area contributed by atoms with Crippen molar-refractivity contribution in [3.8, 4) is 0 Å². The number of halogens is 1. The number of piperidine rings is 1. The Morgan fingerprint density at radius 2 is 1.45 bits per heavy atom. The summed E-state index contributed by atoms with van der Waals surface area (Å²) in [7, 11) is 0. The molecule has 5 heteroatoms. The summed E-state index contributed by atoms with van der Waals surface area (Å²) in [5.41, 5.74) is 1.40. The molecule has 3 heterocycles. The Morgan fingerprint density at radius 1 is 1.00 bits per heavy atom. The molecule has 1 spiro atoms. The van der Waals surface area contributed by atoms with E-state index in [9.17, 15) is 4.79 Å². The second-order valence-corrected chi connectivity index (χ2v) is 9.82. The van der Waals surface area contributed by atoms with Gasteiger partial charge in [-0.3, -0.25) is 4.79 Å². The van der Waals surface area contributed by atoms with E-state index in [2.05, 4.69) is 71.9 Å². The van der Waals surface area contributed by atoms with Crippen LogP contribution in [-0.4, -0.2) is 38.6 Å². The van der Waals surface area contributed by atoms with Crippen molar-refractivity contribution in [1.82, 2.24) is 16.0 Å². The normalized spacial score (nSPS) is 19.4. The van der Waals surface area contributed by atoms with Crippen LogP contribution in [0.15, 0.2) is 71.8 Å². The van der Waals surface area contributed by atoms with Gasteiger partial charge in [-0.05, 0) is 78.6 Å². The molecule has 0 aliphatic carbocycles. The Kier molecular flexibility index (Phi) is 18.7. The first-order valence-electron chi connectivity index (χ1n) is 12.0. The third-order valence-electron chi connectivity index (χ3n) is 5.70. The number of allylic oxidation sites excluding steroid dienone is 4. The predicted molar refractivity (Wildman–Crippen MR) is 149 cm³/mol. The van der Waals surface area contributed by atoms with E-state index in [4.69, 9.17) is 0 Å². The molecule has 3 saturated heterocycles. The zero-order valence-electron chi connectivity index (χ0n) is 21.3. The van der Waals surface area contributed by atoms with E-state index >= 15 is 0 Å². The zero-order valence-corrected chi connectivity index (χ0v) is 22.8. The number of amides is 1. The molecular weight excluding hydrogens is 474 g/mol. The van der Waals surface area contributed by atoms with Crippen molar-refractivity contribution < 1.29 is 4.79 Å². The molecule has 1 atom stereocenters. The summed E-state index contributed by atoms with van der Waals surface area (Å²) in [6, 6.07) is 12.0. The maximum absolute atomic E-state index is 11.4. The second kappa shape index (κ2) is 19.7. The minimum Gasteiger partial charge on any atom is -0.356 e. The van der Waals surface area contributed by atoms with E-state index in [0.29, 0.717) is 5.91 Å². The van der Waals surface area contributed by atoms with Gasteiger partial charge in [-0.25, -0.2) is 0 Å². The van der Waals surface area contributed by atoms with Crippen molar-refractivity contribution >= 4 is 21.8 Å². The van der Waals surface area contributed by atoms with Gasteiger partial charge >= 0.3 is 0 Å². The number of rotatable bonds is 1. The minimum atomic E-state index is 0.0191. The SMILES string of the molecule is C=CC(=C)Br.CC=C(C)C.C[C@@H]1CCNC1.O=C1NCCC12CCNCC2.c1ccccc1. The molecule has 4 rings (SSSR count). The van der Waals surface area contributed by atoms with Crippen LogP contribution in [0.1, 0.15) is 53.4 Å². The molecule has 1 aromatic carbocycles. The number of hydrogen-bond acceptors (Lipinski definition) is 3. The van der Waals surface area contributed by atoms with Gasteiger partial charge in [0.1, 0.15) is 0 Å².